The largest absolute Gasteiger partial charge is 0.491 e. The molecule has 0 aliphatic carbocycles. The Hall–Kier alpha value is -0.480. The Morgan fingerprint density at radius 2 is 1.80 bits per heavy atom. The van der Waals surface area contributed by atoms with Crippen molar-refractivity contribution in [1.82, 2.24) is 0 Å². The van der Waals surface area contributed by atoms with E-state index in [0.717, 1.165) is 0 Å². The number of hydrogen-bond donors (Lipinski definition) is 1. The molecule has 0 saturated carbocycles. The van der Waals surface area contributed by atoms with E-state index >= 15 is 0 Å². The molecule has 15 heavy (non-hydrogen) atoms. The van der Waals surface area contributed by atoms with Crippen molar-refractivity contribution < 1.29 is 14.6 Å². The minimum absolute atomic E-state index is 0.143. The van der Waals surface area contributed by atoms with E-state index in [1.165, 1.54) is 7.11 Å². The summed E-state index contributed by atoms with van der Waals surface area (Å²) >= 11 is 11.5. The fourth-order valence-corrected chi connectivity index (χ4v) is 1.55. The summed E-state index contributed by atoms with van der Waals surface area (Å²) in [4.78, 5) is 0. The zero-order valence-corrected chi connectivity index (χ0v) is 9.76. The molecule has 1 aromatic carbocycles. The van der Waals surface area contributed by atoms with Crippen LogP contribution in [0.15, 0.2) is 18.2 Å². The van der Waals surface area contributed by atoms with Gasteiger partial charge in [0.2, 0.25) is 0 Å². The molecule has 0 aromatic heterocycles. The normalized spacial score (nSPS) is 12.5. The van der Waals surface area contributed by atoms with Crippen LogP contribution in [0.4, 0.5) is 0 Å². The third-order valence-corrected chi connectivity index (χ3v) is 2.07. The van der Waals surface area contributed by atoms with E-state index in [1.807, 2.05) is 0 Å². The van der Waals surface area contributed by atoms with Crippen LogP contribution in [0.3, 0.4) is 0 Å². The molecule has 0 spiro atoms. The monoisotopic (exact) mass is 250 g/mol. The number of ether oxygens (including phenoxy) is 2. The lowest BCUT2D eigenvalue weighted by Crippen LogP contribution is -2.22. The van der Waals surface area contributed by atoms with Gasteiger partial charge in [-0.05, 0) is 18.2 Å². The van der Waals surface area contributed by atoms with Crippen LogP contribution in [0, 0.1) is 0 Å². The van der Waals surface area contributed by atoms with Gasteiger partial charge in [-0.15, -0.1) is 0 Å². The molecule has 1 rings (SSSR count). The fourth-order valence-electron chi connectivity index (χ4n) is 1.04. The molecular formula is C10H12Cl2O3. The summed E-state index contributed by atoms with van der Waals surface area (Å²) in [6.45, 7) is 0.374. The van der Waals surface area contributed by atoms with E-state index in [1.54, 1.807) is 18.2 Å². The lowest BCUT2D eigenvalue weighted by Gasteiger charge is -2.11. The summed E-state index contributed by atoms with van der Waals surface area (Å²) in [5.41, 5.74) is 0. The molecule has 5 heteroatoms. The summed E-state index contributed by atoms with van der Waals surface area (Å²) < 4.78 is 10.0. The number of aliphatic hydroxyl groups excluding tert-OH is 1. The summed E-state index contributed by atoms with van der Waals surface area (Å²) in [7, 11) is 1.51. The number of rotatable bonds is 5. The third-order valence-electron chi connectivity index (χ3n) is 1.64. The second-order valence-electron chi connectivity index (χ2n) is 3.03. The van der Waals surface area contributed by atoms with Crippen LogP contribution in [0.1, 0.15) is 0 Å². The van der Waals surface area contributed by atoms with Crippen molar-refractivity contribution in [3.63, 3.8) is 0 Å². The maximum atomic E-state index is 9.33. The van der Waals surface area contributed by atoms with Gasteiger partial charge in [0, 0.05) is 17.2 Å². The van der Waals surface area contributed by atoms with Gasteiger partial charge in [0.1, 0.15) is 18.5 Å². The highest BCUT2D eigenvalue weighted by Gasteiger charge is 2.05. The van der Waals surface area contributed by atoms with Gasteiger partial charge in [0.05, 0.1) is 6.61 Å². The van der Waals surface area contributed by atoms with E-state index in [9.17, 15) is 5.11 Å². The van der Waals surface area contributed by atoms with Gasteiger partial charge >= 0.3 is 0 Å². The molecule has 1 N–H and O–H groups in total. The van der Waals surface area contributed by atoms with Crippen LogP contribution in [-0.4, -0.2) is 31.5 Å². The molecule has 0 radical (unpaired) electrons. The molecular weight excluding hydrogens is 239 g/mol. The van der Waals surface area contributed by atoms with Crippen LogP contribution in [0.5, 0.6) is 5.75 Å². The molecule has 0 unspecified atom stereocenters. The number of methoxy groups -OCH3 is 1. The molecule has 0 heterocycles. The molecule has 0 amide bonds. The number of aliphatic hydroxyl groups is 1. The Morgan fingerprint density at radius 1 is 1.20 bits per heavy atom. The predicted octanol–water partition coefficient (Wildman–Crippen LogP) is 2.38. The fraction of sp³-hybridized carbons (Fsp3) is 0.400. The van der Waals surface area contributed by atoms with Crippen molar-refractivity contribution in [2.45, 2.75) is 6.10 Å². The second kappa shape index (κ2) is 6.18. The van der Waals surface area contributed by atoms with E-state index in [2.05, 4.69) is 0 Å². The average Bonchev–Trinajstić information content (AvgIpc) is 2.14. The van der Waals surface area contributed by atoms with Crippen molar-refractivity contribution >= 4 is 23.2 Å². The Morgan fingerprint density at radius 3 is 2.33 bits per heavy atom. The summed E-state index contributed by atoms with van der Waals surface area (Å²) in [6, 6.07) is 4.88. The SMILES string of the molecule is COC[C@@H](O)COc1cc(Cl)cc(Cl)c1. The first-order valence-corrected chi connectivity index (χ1v) is 5.13. The molecule has 0 aliphatic heterocycles. The third kappa shape index (κ3) is 4.71. The number of halogens is 2. The molecule has 1 aromatic rings. The molecule has 1 atom stereocenters. The highest BCUT2D eigenvalue weighted by molar-refractivity contribution is 6.34. The van der Waals surface area contributed by atoms with Crippen LogP contribution in [0.2, 0.25) is 10.0 Å². The summed E-state index contributed by atoms with van der Waals surface area (Å²) in [5.74, 6) is 0.530. The quantitative estimate of drug-likeness (QED) is 0.873. The van der Waals surface area contributed by atoms with Crippen molar-refractivity contribution in [1.29, 1.82) is 0 Å². The van der Waals surface area contributed by atoms with Crippen LogP contribution in [-0.2, 0) is 4.74 Å². The Balaban J connectivity index is 2.50. The Bertz CT molecular complexity index is 297. The van der Waals surface area contributed by atoms with Crippen LogP contribution in [0.25, 0.3) is 0 Å². The number of hydrogen-bond acceptors (Lipinski definition) is 3. The molecule has 3 nitrogen and oxygen atoms in total. The van der Waals surface area contributed by atoms with Crippen LogP contribution < -0.4 is 4.74 Å². The summed E-state index contributed by atoms with van der Waals surface area (Å²) in [5, 5.41) is 10.3. The van der Waals surface area contributed by atoms with Gasteiger partial charge in [-0.1, -0.05) is 23.2 Å². The lowest BCUT2D eigenvalue weighted by atomic mass is 10.3. The topological polar surface area (TPSA) is 38.7 Å². The lowest BCUT2D eigenvalue weighted by molar-refractivity contribution is 0.0325. The first kappa shape index (κ1) is 12.6. The maximum Gasteiger partial charge on any atom is 0.122 e. The van der Waals surface area contributed by atoms with E-state index < -0.39 is 6.10 Å². The molecule has 0 fully saturated rings. The Labute approximate surface area is 98.5 Å². The first-order valence-electron chi connectivity index (χ1n) is 4.37. The van der Waals surface area contributed by atoms with E-state index in [0.29, 0.717) is 15.8 Å². The first-order chi connectivity index (χ1) is 7.11. The predicted molar refractivity (Wildman–Crippen MR) is 59.8 cm³/mol. The smallest absolute Gasteiger partial charge is 0.122 e. The highest BCUT2D eigenvalue weighted by atomic mass is 35.5. The van der Waals surface area contributed by atoms with Gasteiger partial charge < -0.3 is 14.6 Å². The van der Waals surface area contributed by atoms with Crippen molar-refractivity contribution in [2.24, 2.45) is 0 Å². The maximum absolute atomic E-state index is 9.33. The average molecular weight is 251 g/mol. The molecule has 0 saturated heterocycles. The minimum atomic E-state index is -0.659. The van der Waals surface area contributed by atoms with Gasteiger partial charge in [0.15, 0.2) is 0 Å². The van der Waals surface area contributed by atoms with Gasteiger partial charge in [-0.3, -0.25) is 0 Å². The van der Waals surface area contributed by atoms with Crippen molar-refractivity contribution in [2.75, 3.05) is 20.3 Å². The number of benzene rings is 1. The standard InChI is InChI=1S/C10H12Cl2O3/c1-14-5-9(13)6-15-10-3-7(11)2-8(12)4-10/h2-4,9,13H,5-6H2,1H3/t9-/m1/s1. The van der Waals surface area contributed by atoms with Crippen LogP contribution >= 0.6 is 23.2 Å². The zero-order valence-electron chi connectivity index (χ0n) is 8.24. The van der Waals surface area contributed by atoms with E-state index in [4.69, 9.17) is 32.7 Å². The van der Waals surface area contributed by atoms with Crippen molar-refractivity contribution in [3.8, 4) is 5.75 Å². The summed E-state index contributed by atoms with van der Waals surface area (Å²) in [6.07, 6.45) is -0.659. The zero-order chi connectivity index (χ0) is 11.3. The highest BCUT2D eigenvalue weighted by Crippen LogP contribution is 2.24. The van der Waals surface area contributed by atoms with Gasteiger partial charge in [0.25, 0.3) is 0 Å². The Kier molecular flexibility index (Phi) is 5.19. The minimum Gasteiger partial charge on any atom is -0.491 e. The molecule has 0 bridgehead atoms. The van der Waals surface area contributed by atoms with Gasteiger partial charge in [-0.2, -0.15) is 0 Å². The van der Waals surface area contributed by atoms with E-state index in [-0.39, 0.29) is 13.2 Å². The second-order valence-corrected chi connectivity index (χ2v) is 3.90. The van der Waals surface area contributed by atoms with Crippen molar-refractivity contribution in [3.05, 3.63) is 28.2 Å². The molecule has 84 valence electrons. The van der Waals surface area contributed by atoms with Gasteiger partial charge in [-0.25, -0.2) is 0 Å². The molecule has 0 aliphatic rings.